The summed E-state index contributed by atoms with van der Waals surface area (Å²) >= 11 is 0. The van der Waals surface area contributed by atoms with Crippen molar-refractivity contribution in [2.75, 3.05) is 6.54 Å². The zero-order valence-corrected chi connectivity index (χ0v) is 11.8. The molecule has 106 valence electrons. The fraction of sp³-hybridized carbons (Fsp3) is 0.800. The Morgan fingerprint density at radius 1 is 1.42 bits per heavy atom. The first-order chi connectivity index (χ1) is 9.26. The Hall–Kier alpha value is -0.870. The van der Waals surface area contributed by atoms with Gasteiger partial charge in [0.2, 0.25) is 0 Å². The summed E-state index contributed by atoms with van der Waals surface area (Å²) in [7, 11) is 0. The molecule has 4 nitrogen and oxygen atoms in total. The van der Waals surface area contributed by atoms with E-state index < -0.39 is 0 Å². The molecule has 1 aliphatic carbocycles. The topological polar surface area (TPSA) is 39.1 Å². The van der Waals surface area contributed by atoms with E-state index in [0.29, 0.717) is 12.1 Å². The van der Waals surface area contributed by atoms with Crippen LogP contribution in [0.3, 0.4) is 0 Å². The van der Waals surface area contributed by atoms with Crippen molar-refractivity contribution in [2.24, 2.45) is 0 Å². The number of hydrogen-bond acceptors (Lipinski definition) is 3. The van der Waals surface area contributed by atoms with Gasteiger partial charge in [0.1, 0.15) is 0 Å². The lowest BCUT2D eigenvalue weighted by atomic mass is 9.98. The zero-order chi connectivity index (χ0) is 13.1. The predicted molar refractivity (Wildman–Crippen MR) is 75.0 cm³/mol. The Morgan fingerprint density at radius 2 is 2.26 bits per heavy atom. The molecule has 2 atom stereocenters. The first-order valence-electron chi connectivity index (χ1n) is 7.63. The Morgan fingerprint density at radius 3 is 3.00 bits per heavy atom. The largest absolute Gasteiger partial charge is 0.370 e. The van der Waals surface area contributed by atoms with Crippen molar-refractivity contribution in [3.63, 3.8) is 0 Å². The van der Waals surface area contributed by atoms with Crippen LogP contribution in [0.2, 0.25) is 0 Å². The van der Waals surface area contributed by atoms with Gasteiger partial charge in [-0.25, -0.2) is 4.98 Å². The first kappa shape index (κ1) is 13.1. The minimum atomic E-state index is 0.264. The highest BCUT2D eigenvalue weighted by atomic mass is 16.5. The van der Waals surface area contributed by atoms with Crippen LogP contribution in [0.1, 0.15) is 45.4 Å². The molecule has 2 fully saturated rings. The molecule has 1 saturated carbocycles. The summed E-state index contributed by atoms with van der Waals surface area (Å²) in [6, 6.07) is 0.456. The van der Waals surface area contributed by atoms with Crippen molar-refractivity contribution >= 4 is 0 Å². The van der Waals surface area contributed by atoms with Gasteiger partial charge in [0.25, 0.3) is 0 Å². The quantitative estimate of drug-likeness (QED) is 0.886. The average Bonchev–Trinajstić information content (AvgIpc) is 3.12. The van der Waals surface area contributed by atoms with Crippen molar-refractivity contribution in [3.05, 3.63) is 18.7 Å². The summed E-state index contributed by atoms with van der Waals surface area (Å²) in [6.07, 6.45) is 13.9. The van der Waals surface area contributed by atoms with Gasteiger partial charge in [-0.2, -0.15) is 0 Å². The number of nitrogens with zero attached hydrogens (tertiary/aromatic N) is 2. The van der Waals surface area contributed by atoms with Gasteiger partial charge in [0.05, 0.1) is 18.0 Å². The second-order valence-corrected chi connectivity index (χ2v) is 6.24. The van der Waals surface area contributed by atoms with E-state index in [1.54, 1.807) is 0 Å². The molecule has 1 N–H and O–H groups in total. The molecule has 2 heterocycles. The van der Waals surface area contributed by atoms with E-state index in [4.69, 9.17) is 4.74 Å². The average molecular weight is 263 g/mol. The summed E-state index contributed by atoms with van der Waals surface area (Å²) in [4.78, 5) is 4.07. The summed E-state index contributed by atoms with van der Waals surface area (Å²) in [5.74, 6) is 0. The summed E-state index contributed by atoms with van der Waals surface area (Å²) < 4.78 is 8.43. The summed E-state index contributed by atoms with van der Waals surface area (Å²) in [6.45, 7) is 4.18. The van der Waals surface area contributed by atoms with E-state index in [1.807, 2.05) is 18.7 Å². The maximum Gasteiger partial charge on any atom is 0.0946 e. The highest BCUT2D eigenvalue weighted by Gasteiger charge is 2.41. The fourth-order valence-corrected chi connectivity index (χ4v) is 3.53. The van der Waals surface area contributed by atoms with Crippen LogP contribution >= 0.6 is 0 Å². The third kappa shape index (κ3) is 3.18. The van der Waals surface area contributed by atoms with Crippen LogP contribution in [0.5, 0.6) is 0 Å². The van der Waals surface area contributed by atoms with Gasteiger partial charge in [-0.1, -0.05) is 12.8 Å². The lowest BCUT2D eigenvalue weighted by Crippen LogP contribution is -2.37. The molecule has 4 heteroatoms. The van der Waals surface area contributed by atoms with Crippen LogP contribution in [0.25, 0.3) is 0 Å². The monoisotopic (exact) mass is 263 g/mol. The predicted octanol–water partition coefficient (Wildman–Crippen LogP) is 2.35. The molecule has 2 unspecified atom stereocenters. The van der Waals surface area contributed by atoms with Gasteiger partial charge in [-0.15, -0.1) is 0 Å². The summed E-state index contributed by atoms with van der Waals surface area (Å²) in [5, 5.41) is 3.60. The SMILES string of the molecule is CC(Cn1ccnc1)NCC1CCC2(CCCC2)O1. The van der Waals surface area contributed by atoms with Gasteiger partial charge in [-0.3, -0.25) is 0 Å². The maximum atomic E-state index is 6.31. The van der Waals surface area contributed by atoms with E-state index >= 15 is 0 Å². The molecule has 1 spiro atoms. The molecule has 3 rings (SSSR count). The molecular weight excluding hydrogens is 238 g/mol. The molecule has 0 amide bonds. The van der Waals surface area contributed by atoms with Crippen LogP contribution < -0.4 is 5.32 Å². The third-order valence-corrected chi connectivity index (χ3v) is 4.59. The molecule has 0 radical (unpaired) electrons. The smallest absolute Gasteiger partial charge is 0.0946 e. The number of nitrogens with one attached hydrogen (secondary N) is 1. The number of rotatable bonds is 5. The first-order valence-corrected chi connectivity index (χ1v) is 7.63. The maximum absolute atomic E-state index is 6.31. The normalized spacial score (nSPS) is 27.1. The van der Waals surface area contributed by atoms with E-state index in [-0.39, 0.29) is 5.60 Å². The van der Waals surface area contributed by atoms with Crippen molar-refractivity contribution < 1.29 is 4.74 Å². The van der Waals surface area contributed by atoms with Crippen LogP contribution in [0.4, 0.5) is 0 Å². The fourth-order valence-electron chi connectivity index (χ4n) is 3.53. The third-order valence-electron chi connectivity index (χ3n) is 4.59. The van der Waals surface area contributed by atoms with Crippen LogP contribution in [0, 0.1) is 0 Å². The van der Waals surface area contributed by atoms with Crippen molar-refractivity contribution in [1.82, 2.24) is 14.9 Å². The second-order valence-electron chi connectivity index (χ2n) is 6.24. The lowest BCUT2D eigenvalue weighted by molar-refractivity contribution is -0.0358. The standard InChI is InChI=1S/C15H25N3O/c1-13(11-18-9-8-16-12-18)17-10-14-4-7-15(19-14)5-2-3-6-15/h8-9,12-14,17H,2-7,10-11H2,1H3. The van der Waals surface area contributed by atoms with Crippen molar-refractivity contribution in [1.29, 1.82) is 0 Å². The Kier molecular flexibility index (Phi) is 3.89. The molecule has 19 heavy (non-hydrogen) atoms. The minimum absolute atomic E-state index is 0.264. The van der Waals surface area contributed by atoms with E-state index in [2.05, 4.69) is 21.8 Å². The molecule has 1 aromatic heterocycles. The van der Waals surface area contributed by atoms with Crippen LogP contribution in [-0.2, 0) is 11.3 Å². The Bertz CT molecular complexity index is 384. The summed E-state index contributed by atoms with van der Waals surface area (Å²) in [5.41, 5.74) is 0.264. The van der Waals surface area contributed by atoms with Gasteiger partial charge >= 0.3 is 0 Å². The molecular formula is C15H25N3O. The molecule has 0 aromatic carbocycles. The van der Waals surface area contributed by atoms with Crippen LogP contribution in [0.15, 0.2) is 18.7 Å². The second kappa shape index (κ2) is 5.63. The number of imidazole rings is 1. The lowest BCUT2D eigenvalue weighted by Gasteiger charge is -2.24. The molecule has 0 bridgehead atoms. The molecule has 1 aromatic rings. The highest BCUT2D eigenvalue weighted by Crippen LogP contribution is 2.43. The van der Waals surface area contributed by atoms with E-state index in [0.717, 1.165) is 13.1 Å². The highest BCUT2D eigenvalue weighted by molar-refractivity contribution is 4.93. The molecule has 1 aliphatic heterocycles. The number of hydrogen-bond donors (Lipinski definition) is 1. The van der Waals surface area contributed by atoms with Gasteiger partial charge in [0, 0.05) is 31.5 Å². The molecule has 2 aliphatic rings. The Balaban J connectivity index is 1.40. The minimum Gasteiger partial charge on any atom is -0.370 e. The van der Waals surface area contributed by atoms with Gasteiger partial charge < -0.3 is 14.6 Å². The number of aromatic nitrogens is 2. The van der Waals surface area contributed by atoms with Crippen molar-refractivity contribution in [3.8, 4) is 0 Å². The van der Waals surface area contributed by atoms with E-state index in [1.165, 1.54) is 38.5 Å². The van der Waals surface area contributed by atoms with Gasteiger partial charge in [-0.05, 0) is 32.6 Å². The Labute approximate surface area is 115 Å². The van der Waals surface area contributed by atoms with Gasteiger partial charge in [0.15, 0.2) is 0 Å². The molecule has 1 saturated heterocycles. The van der Waals surface area contributed by atoms with Crippen LogP contribution in [-0.4, -0.2) is 33.8 Å². The zero-order valence-electron chi connectivity index (χ0n) is 11.8. The number of ether oxygens (including phenoxy) is 1. The van der Waals surface area contributed by atoms with Crippen molar-refractivity contribution in [2.45, 2.75) is 69.7 Å². The van der Waals surface area contributed by atoms with E-state index in [9.17, 15) is 0 Å².